The third kappa shape index (κ3) is 4.31. The van der Waals surface area contributed by atoms with Crippen LogP contribution in [0.25, 0.3) is 0 Å². The van der Waals surface area contributed by atoms with Gasteiger partial charge in [-0.25, -0.2) is 0 Å². The summed E-state index contributed by atoms with van der Waals surface area (Å²) >= 11 is 0. The maximum Gasteiger partial charge on any atom is 0.134 e. The SMILES string of the molecule is C=CCO[C@@H](c1ccccc1)C(C=C)(C=C)OCc1ccccc1. The predicted octanol–water partition coefficient (Wildman–Crippen LogP) is 5.26. The van der Waals surface area contributed by atoms with E-state index in [-0.39, 0.29) is 6.10 Å². The fourth-order valence-corrected chi connectivity index (χ4v) is 2.55. The van der Waals surface area contributed by atoms with Crippen LogP contribution in [0.4, 0.5) is 0 Å². The summed E-state index contributed by atoms with van der Waals surface area (Å²) in [6, 6.07) is 20.0. The molecule has 0 unspecified atom stereocenters. The van der Waals surface area contributed by atoms with Gasteiger partial charge in [0.15, 0.2) is 0 Å². The van der Waals surface area contributed by atoms with Gasteiger partial charge in [-0.2, -0.15) is 0 Å². The van der Waals surface area contributed by atoms with Crippen molar-refractivity contribution in [2.75, 3.05) is 6.61 Å². The zero-order valence-electron chi connectivity index (χ0n) is 13.9. The van der Waals surface area contributed by atoms with E-state index in [1.54, 1.807) is 18.2 Å². The van der Waals surface area contributed by atoms with Gasteiger partial charge < -0.3 is 9.47 Å². The smallest absolute Gasteiger partial charge is 0.134 e. The molecule has 0 aliphatic heterocycles. The second-order valence-corrected chi connectivity index (χ2v) is 5.45. The van der Waals surface area contributed by atoms with Crippen LogP contribution in [0.1, 0.15) is 17.2 Å². The molecule has 0 saturated heterocycles. The third-order valence-corrected chi connectivity index (χ3v) is 3.86. The first-order valence-electron chi connectivity index (χ1n) is 7.98. The van der Waals surface area contributed by atoms with Crippen LogP contribution in [0.2, 0.25) is 0 Å². The van der Waals surface area contributed by atoms with Crippen LogP contribution >= 0.6 is 0 Å². The molecule has 0 aliphatic rings. The van der Waals surface area contributed by atoms with Crippen molar-refractivity contribution in [1.29, 1.82) is 0 Å². The summed E-state index contributed by atoms with van der Waals surface area (Å²) in [5, 5.41) is 0. The third-order valence-electron chi connectivity index (χ3n) is 3.86. The molecule has 0 heterocycles. The van der Waals surface area contributed by atoms with Gasteiger partial charge in [0.2, 0.25) is 0 Å². The van der Waals surface area contributed by atoms with Crippen molar-refractivity contribution < 1.29 is 9.47 Å². The van der Waals surface area contributed by atoms with Crippen LogP contribution in [0.3, 0.4) is 0 Å². The molecule has 0 N–H and O–H groups in total. The highest BCUT2D eigenvalue weighted by atomic mass is 16.5. The van der Waals surface area contributed by atoms with Crippen molar-refractivity contribution >= 4 is 0 Å². The Morgan fingerprint density at radius 2 is 1.46 bits per heavy atom. The molecule has 24 heavy (non-hydrogen) atoms. The van der Waals surface area contributed by atoms with Crippen molar-refractivity contribution in [1.82, 2.24) is 0 Å². The largest absolute Gasteiger partial charge is 0.366 e. The molecule has 0 fully saturated rings. The summed E-state index contributed by atoms with van der Waals surface area (Å²) in [5.74, 6) is 0. The van der Waals surface area contributed by atoms with E-state index in [4.69, 9.17) is 9.47 Å². The lowest BCUT2D eigenvalue weighted by Crippen LogP contribution is -2.37. The van der Waals surface area contributed by atoms with E-state index in [0.717, 1.165) is 11.1 Å². The second kappa shape index (κ2) is 9.02. The molecule has 124 valence electrons. The molecule has 0 amide bonds. The summed E-state index contributed by atoms with van der Waals surface area (Å²) < 4.78 is 12.3. The number of ether oxygens (including phenoxy) is 2. The molecular formula is C22H24O2. The van der Waals surface area contributed by atoms with Gasteiger partial charge in [-0.3, -0.25) is 0 Å². The molecule has 0 spiro atoms. The summed E-state index contributed by atoms with van der Waals surface area (Å²) in [4.78, 5) is 0. The second-order valence-electron chi connectivity index (χ2n) is 5.45. The highest BCUT2D eigenvalue weighted by Gasteiger charge is 2.36. The van der Waals surface area contributed by atoms with E-state index >= 15 is 0 Å². The van der Waals surface area contributed by atoms with E-state index < -0.39 is 5.60 Å². The quantitative estimate of drug-likeness (QED) is 0.556. The molecule has 0 radical (unpaired) electrons. The molecular weight excluding hydrogens is 296 g/mol. The molecule has 0 saturated carbocycles. The van der Waals surface area contributed by atoms with Crippen LogP contribution in [-0.4, -0.2) is 12.2 Å². The first-order valence-corrected chi connectivity index (χ1v) is 7.98. The van der Waals surface area contributed by atoms with Crippen molar-refractivity contribution in [3.63, 3.8) is 0 Å². The molecule has 0 aliphatic carbocycles. The minimum Gasteiger partial charge on any atom is -0.366 e. The Labute approximate surface area is 144 Å². The van der Waals surface area contributed by atoms with Crippen molar-refractivity contribution in [3.05, 3.63) is 110 Å². The monoisotopic (exact) mass is 320 g/mol. The summed E-state index contributed by atoms with van der Waals surface area (Å²) in [6.07, 6.45) is 4.88. The van der Waals surface area contributed by atoms with Gasteiger partial charge in [-0.1, -0.05) is 92.0 Å². The zero-order chi connectivity index (χ0) is 17.3. The minimum atomic E-state index is -0.833. The van der Waals surface area contributed by atoms with Crippen LogP contribution in [0.15, 0.2) is 98.6 Å². The fraction of sp³-hybridized carbons (Fsp3) is 0.182. The van der Waals surface area contributed by atoms with Crippen molar-refractivity contribution in [2.24, 2.45) is 0 Å². The standard InChI is InChI=1S/C22H24O2/c1-4-17-23-21(20-15-11-8-12-16-20)22(5-2,6-3)24-18-19-13-9-7-10-14-19/h4-16,21H,1-3,17-18H2/t21-/m0/s1. The van der Waals surface area contributed by atoms with Crippen LogP contribution in [-0.2, 0) is 16.1 Å². The topological polar surface area (TPSA) is 18.5 Å². The Bertz CT molecular complexity index is 638. The average Bonchev–Trinajstić information content (AvgIpc) is 2.66. The van der Waals surface area contributed by atoms with Gasteiger partial charge in [-0.05, 0) is 11.1 Å². The normalized spacial score (nSPS) is 12.3. The Morgan fingerprint density at radius 3 is 2.00 bits per heavy atom. The van der Waals surface area contributed by atoms with Gasteiger partial charge in [-0.15, -0.1) is 6.58 Å². The van der Waals surface area contributed by atoms with Gasteiger partial charge in [0, 0.05) is 0 Å². The first kappa shape index (κ1) is 17.9. The van der Waals surface area contributed by atoms with Gasteiger partial charge in [0.25, 0.3) is 0 Å². The molecule has 2 aromatic carbocycles. The lowest BCUT2D eigenvalue weighted by Gasteiger charge is -2.36. The maximum atomic E-state index is 6.23. The van der Waals surface area contributed by atoms with Gasteiger partial charge in [0.05, 0.1) is 13.2 Å². The Morgan fingerprint density at radius 1 is 0.875 bits per heavy atom. The molecule has 2 heteroatoms. The Hall–Kier alpha value is -2.42. The van der Waals surface area contributed by atoms with E-state index in [9.17, 15) is 0 Å². The molecule has 0 aromatic heterocycles. The summed E-state index contributed by atoms with van der Waals surface area (Å²) in [7, 11) is 0. The number of rotatable bonds is 10. The number of benzene rings is 2. The van der Waals surface area contributed by atoms with Crippen LogP contribution in [0, 0.1) is 0 Å². The van der Waals surface area contributed by atoms with Gasteiger partial charge >= 0.3 is 0 Å². The molecule has 2 nitrogen and oxygen atoms in total. The zero-order valence-corrected chi connectivity index (χ0v) is 13.9. The highest BCUT2D eigenvalue weighted by Crippen LogP contribution is 2.36. The molecule has 0 bridgehead atoms. The van der Waals surface area contributed by atoms with Crippen molar-refractivity contribution in [3.8, 4) is 0 Å². The van der Waals surface area contributed by atoms with E-state index in [0.29, 0.717) is 13.2 Å². The number of hydrogen-bond donors (Lipinski definition) is 0. The predicted molar refractivity (Wildman–Crippen MR) is 99.7 cm³/mol. The van der Waals surface area contributed by atoms with Crippen molar-refractivity contribution in [2.45, 2.75) is 18.3 Å². The minimum absolute atomic E-state index is 0.351. The van der Waals surface area contributed by atoms with Crippen LogP contribution in [0.5, 0.6) is 0 Å². The Balaban J connectivity index is 2.30. The number of hydrogen-bond acceptors (Lipinski definition) is 2. The average molecular weight is 320 g/mol. The molecule has 1 atom stereocenters. The molecule has 2 aromatic rings. The maximum absolute atomic E-state index is 6.23. The lowest BCUT2D eigenvalue weighted by atomic mass is 9.90. The van der Waals surface area contributed by atoms with Crippen LogP contribution < -0.4 is 0 Å². The van der Waals surface area contributed by atoms with E-state index in [2.05, 4.69) is 19.7 Å². The Kier molecular flexibility index (Phi) is 6.74. The lowest BCUT2D eigenvalue weighted by molar-refractivity contribution is -0.0966. The van der Waals surface area contributed by atoms with E-state index in [1.807, 2.05) is 60.7 Å². The summed E-state index contributed by atoms with van der Waals surface area (Å²) in [5.41, 5.74) is 1.26. The van der Waals surface area contributed by atoms with E-state index in [1.165, 1.54) is 0 Å². The molecule has 2 rings (SSSR count). The highest BCUT2D eigenvalue weighted by molar-refractivity contribution is 5.28. The fourth-order valence-electron chi connectivity index (χ4n) is 2.55. The summed E-state index contributed by atoms with van der Waals surface area (Å²) in [6.45, 7) is 12.5. The van der Waals surface area contributed by atoms with Gasteiger partial charge in [0.1, 0.15) is 11.7 Å². The first-order chi connectivity index (χ1) is 11.8.